The lowest BCUT2D eigenvalue weighted by atomic mass is 10.0. The number of nitrogens with one attached hydrogen (secondary N) is 3. The first-order chi connectivity index (χ1) is 17.0. The lowest BCUT2D eigenvalue weighted by Gasteiger charge is -2.32. The maximum Gasteiger partial charge on any atom is 0.246 e. The number of nitrogens with zero attached hydrogens (tertiary/aromatic N) is 2. The predicted octanol–water partition coefficient (Wildman–Crippen LogP) is 3.66. The number of hydrogen-bond donors (Lipinski definition) is 5. The molecule has 0 bridgehead atoms. The van der Waals surface area contributed by atoms with E-state index in [0.29, 0.717) is 16.9 Å². The fraction of sp³-hybridized carbons (Fsp3) is 0.261. The van der Waals surface area contributed by atoms with Crippen molar-refractivity contribution in [2.45, 2.75) is 42.9 Å². The van der Waals surface area contributed by atoms with E-state index in [9.17, 15) is 22.3 Å². The Morgan fingerprint density at radius 3 is 2.50 bits per heavy atom. The first-order valence-corrected chi connectivity index (χ1v) is 14.2. The van der Waals surface area contributed by atoms with Crippen molar-refractivity contribution in [3.05, 3.63) is 76.9 Å². The van der Waals surface area contributed by atoms with Crippen molar-refractivity contribution in [2.24, 2.45) is 0 Å². The Morgan fingerprint density at radius 1 is 1.17 bits per heavy atom. The summed E-state index contributed by atoms with van der Waals surface area (Å²) in [6.07, 6.45) is 0.237. The van der Waals surface area contributed by atoms with Crippen LogP contribution in [0.25, 0.3) is 11.0 Å². The maximum absolute atomic E-state index is 13.3. The third-order valence-corrected chi connectivity index (χ3v) is 9.57. The molecule has 1 saturated heterocycles. The molecule has 2 atom stereocenters. The molecule has 1 aliphatic heterocycles. The number of carbonyl (C=O) groups excluding carboxylic acids is 1. The first kappa shape index (κ1) is 24.5. The highest BCUT2D eigenvalue weighted by molar-refractivity contribution is 8.23. The van der Waals surface area contributed by atoms with Crippen LogP contribution in [0.4, 0.5) is 0 Å². The van der Waals surface area contributed by atoms with E-state index in [0.717, 1.165) is 11.1 Å². The van der Waals surface area contributed by atoms with E-state index >= 15 is 0 Å². The molecular weight excluding hydrogens is 506 g/mol. The summed E-state index contributed by atoms with van der Waals surface area (Å²) >= 11 is 0. The average Bonchev–Trinajstić information content (AvgIpc) is 3.47. The van der Waals surface area contributed by atoms with E-state index in [2.05, 4.69) is 24.6 Å². The van der Waals surface area contributed by atoms with Crippen molar-refractivity contribution in [3.8, 4) is 0 Å². The van der Waals surface area contributed by atoms with Gasteiger partial charge in [-0.2, -0.15) is 4.72 Å². The van der Waals surface area contributed by atoms with E-state index < -0.39 is 38.0 Å². The van der Waals surface area contributed by atoms with Gasteiger partial charge in [-0.3, -0.25) is 18.6 Å². The number of fused-ring (bicyclic) bond motifs is 1. The summed E-state index contributed by atoms with van der Waals surface area (Å²) in [4.78, 5) is 19.5. The molecule has 5 N–H and O–H groups in total. The van der Waals surface area contributed by atoms with Gasteiger partial charge in [0.15, 0.2) is 5.76 Å². The molecule has 0 spiro atoms. The second-order valence-electron chi connectivity index (χ2n) is 8.72. The summed E-state index contributed by atoms with van der Waals surface area (Å²) in [5.41, 5.74) is 3.11. The lowest BCUT2D eigenvalue weighted by Crippen LogP contribution is -2.31. The smallest absolute Gasteiger partial charge is 0.246 e. The zero-order valence-electron chi connectivity index (χ0n) is 19.4. The van der Waals surface area contributed by atoms with Crippen molar-refractivity contribution in [2.75, 3.05) is 0 Å². The van der Waals surface area contributed by atoms with Gasteiger partial charge in [-0.15, -0.1) is 10.8 Å². The number of amides is 1. The molecule has 2 aromatic heterocycles. The Balaban J connectivity index is 1.47. The van der Waals surface area contributed by atoms with Crippen LogP contribution >= 0.6 is 10.8 Å². The van der Waals surface area contributed by atoms with Crippen molar-refractivity contribution in [3.63, 3.8) is 0 Å². The van der Waals surface area contributed by atoms with Crippen LogP contribution in [0.5, 0.6) is 0 Å². The number of para-hydroxylation sites is 2. The van der Waals surface area contributed by atoms with Crippen LogP contribution in [0.1, 0.15) is 46.1 Å². The van der Waals surface area contributed by atoms with Gasteiger partial charge in [0.25, 0.3) is 0 Å². The van der Waals surface area contributed by atoms with Crippen LogP contribution in [-0.2, 0) is 21.2 Å². The minimum Gasteiger partial charge on any atom is -0.360 e. The molecule has 1 aliphatic rings. The van der Waals surface area contributed by atoms with E-state index in [1.165, 1.54) is 6.92 Å². The highest BCUT2D eigenvalue weighted by Crippen LogP contribution is 2.56. The van der Waals surface area contributed by atoms with E-state index in [1.54, 1.807) is 31.2 Å². The molecule has 1 fully saturated rings. The molecule has 1 amide bonds. The molecule has 36 heavy (non-hydrogen) atoms. The van der Waals surface area contributed by atoms with E-state index in [4.69, 9.17) is 4.52 Å². The van der Waals surface area contributed by atoms with Crippen LogP contribution in [0.3, 0.4) is 0 Å². The highest BCUT2D eigenvalue weighted by atomic mass is 32.3. The number of aromatic nitrogens is 3. The number of imidazole rings is 1. The molecule has 4 aromatic rings. The molecule has 190 valence electrons. The topological polar surface area (TPSA) is 170 Å². The molecule has 13 heteroatoms. The van der Waals surface area contributed by atoms with Gasteiger partial charge in [0, 0.05) is 0 Å². The van der Waals surface area contributed by atoms with Gasteiger partial charge in [0.2, 0.25) is 15.9 Å². The molecule has 5 rings (SSSR count). The quantitative estimate of drug-likeness (QED) is 0.240. The van der Waals surface area contributed by atoms with E-state index in [-0.39, 0.29) is 29.2 Å². The van der Waals surface area contributed by atoms with E-state index in [1.807, 2.05) is 24.3 Å². The average molecular weight is 532 g/mol. The van der Waals surface area contributed by atoms with Crippen LogP contribution in [0, 0.1) is 13.8 Å². The van der Waals surface area contributed by atoms with Gasteiger partial charge in [-0.25, -0.2) is 13.4 Å². The Hall–Kier alpha value is -3.23. The van der Waals surface area contributed by atoms with Gasteiger partial charge >= 0.3 is 0 Å². The summed E-state index contributed by atoms with van der Waals surface area (Å²) in [6, 6.07) is 13.6. The standard InChI is InChI=1S/C23H25N5O6S2/c1-13-22(14(2)34-26-13)36(32,33)27-19(23-24-17-5-3-4-6-18(17)25-23)11-15-7-9-16(10-8-15)20-12-21(29)28-35(20,30)31/h3-10,19-20,27,30-31H,11-12H2,1-2H3,(H,24,25)(H,28,29)/t19-,20?/m0/s1. The zero-order chi connectivity index (χ0) is 25.7. The van der Waals surface area contributed by atoms with Crippen molar-refractivity contribution in [1.29, 1.82) is 0 Å². The Labute approximate surface area is 208 Å². The summed E-state index contributed by atoms with van der Waals surface area (Å²) in [5.74, 6) is 0.213. The number of hydrogen-bond acceptors (Lipinski definition) is 8. The summed E-state index contributed by atoms with van der Waals surface area (Å²) in [5, 5.41) is 3.03. The Bertz CT molecular complexity index is 1490. The zero-order valence-corrected chi connectivity index (χ0v) is 21.1. The second kappa shape index (κ2) is 9.01. The molecule has 2 aromatic carbocycles. The molecule has 0 saturated carbocycles. The number of H-pyrrole nitrogens is 1. The fourth-order valence-electron chi connectivity index (χ4n) is 4.41. The number of sulfonamides is 1. The lowest BCUT2D eigenvalue weighted by molar-refractivity contribution is -0.118. The monoisotopic (exact) mass is 531 g/mol. The van der Waals surface area contributed by atoms with Crippen molar-refractivity contribution in [1.82, 2.24) is 24.6 Å². The number of aryl methyl sites for hydroxylation is 2. The highest BCUT2D eigenvalue weighted by Gasteiger charge is 2.38. The van der Waals surface area contributed by atoms with Crippen LogP contribution in [0.2, 0.25) is 0 Å². The molecule has 0 aliphatic carbocycles. The molecule has 1 unspecified atom stereocenters. The van der Waals surface area contributed by atoms with Gasteiger partial charge in [-0.1, -0.05) is 41.6 Å². The Kier molecular flexibility index (Phi) is 6.12. The maximum atomic E-state index is 13.3. The third-order valence-electron chi connectivity index (χ3n) is 6.09. The molecule has 11 nitrogen and oxygen atoms in total. The number of aromatic amines is 1. The van der Waals surface area contributed by atoms with Crippen LogP contribution in [0.15, 0.2) is 57.9 Å². The SMILES string of the molecule is Cc1noc(C)c1S(=O)(=O)N[C@@H](Cc1ccc(C2CC(=O)NS2(O)O)cc1)c1nc2ccccc2[nH]1. The third kappa shape index (κ3) is 4.63. The molecule has 0 radical (unpaired) electrons. The number of carbonyl (C=O) groups is 1. The molecule has 3 heterocycles. The second-order valence-corrected chi connectivity index (χ2v) is 12.3. The summed E-state index contributed by atoms with van der Waals surface area (Å²) in [6.45, 7) is 3.10. The van der Waals surface area contributed by atoms with Crippen LogP contribution < -0.4 is 9.44 Å². The predicted molar refractivity (Wildman–Crippen MR) is 134 cm³/mol. The van der Waals surface area contributed by atoms with Gasteiger partial charge < -0.3 is 9.51 Å². The fourth-order valence-corrected chi connectivity index (χ4v) is 7.42. The van der Waals surface area contributed by atoms with Gasteiger partial charge in [-0.05, 0) is 43.5 Å². The number of benzene rings is 2. The van der Waals surface area contributed by atoms with Gasteiger partial charge in [0.05, 0.1) is 23.5 Å². The molecular formula is C23H25N5O6S2. The largest absolute Gasteiger partial charge is 0.360 e. The minimum absolute atomic E-state index is 0.0115. The minimum atomic E-state index is -4.00. The van der Waals surface area contributed by atoms with Gasteiger partial charge in [0.1, 0.15) is 21.7 Å². The number of rotatable bonds is 7. The summed E-state index contributed by atoms with van der Waals surface area (Å²) < 4.78 is 57.0. The Morgan fingerprint density at radius 2 is 1.89 bits per heavy atom. The van der Waals surface area contributed by atoms with Crippen LogP contribution in [-0.4, -0.2) is 38.6 Å². The van der Waals surface area contributed by atoms with Crippen molar-refractivity contribution >= 4 is 37.7 Å². The normalized spacial score (nSPS) is 19.3. The summed E-state index contributed by atoms with van der Waals surface area (Å²) in [7, 11) is -7.26. The van der Waals surface area contributed by atoms with Crippen molar-refractivity contribution < 1.29 is 26.8 Å². The first-order valence-electron chi connectivity index (χ1n) is 11.1.